The Labute approximate surface area is 128 Å². The molecule has 1 N–H and O–H groups in total. The minimum Gasteiger partial charge on any atom is -0.349 e. The van der Waals surface area contributed by atoms with Crippen LogP contribution in [-0.4, -0.2) is 25.1 Å². The van der Waals surface area contributed by atoms with Gasteiger partial charge in [0.15, 0.2) is 5.03 Å². The molecule has 2 rings (SSSR count). The van der Waals surface area contributed by atoms with Gasteiger partial charge >= 0.3 is 0 Å². The molecule has 2 aromatic rings. The Morgan fingerprint density at radius 3 is 2.50 bits per heavy atom. The number of halogens is 1. The number of carbonyl (C=O) groups excluding carboxylic acids is 1. The van der Waals surface area contributed by atoms with Crippen molar-refractivity contribution in [3.8, 4) is 0 Å². The first-order valence-electron chi connectivity index (χ1n) is 6.57. The molecule has 5 nitrogen and oxygen atoms in total. The molecule has 0 fully saturated rings. The largest absolute Gasteiger partial charge is 0.349 e. The van der Waals surface area contributed by atoms with Crippen LogP contribution in [0, 0.1) is 5.82 Å². The Bertz CT molecular complexity index is 746. The third-order valence-corrected chi connectivity index (χ3v) is 4.55. The minimum absolute atomic E-state index is 0.139. The van der Waals surface area contributed by atoms with Crippen LogP contribution in [0.25, 0.3) is 0 Å². The summed E-state index contributed by atoms with van der Waals surface area (Å²) in [6, 6.07) is 9.68. The quantitative estimate of drug-likeness (QED) is 0.912. The number of pyridine rings is 1. The monoisotopic (exact) mass is 322 g/mol. The zero-order valence-corrected chi connectivity index (χ0v) is 12.7. The second-order valence-corrected chi connectivity index (χ2v) is 6.70. The van der Waals surface area contributed by atoms with Crippen molar-refractivity contribution in [3.05, 3.63) is 60.0 Å². The number of carbonyl (C=O) groups is 1. The highest BCUT2D eigenvalue weighted by atomic mass is 32.2. The molecule has 7 heteroatoms. The number of rotatable bonds is 5. The van der Waals surface area contributed by atoms with Crippen LogP contribution in [0.2, 0.25) is 0 Å². The van der Waals surface area contributed by atoms with E-state index in [1.54, 1.807) is 19.1 Å². The SMILES string of the molecule is C[C@@H](NC(=O)CS(=O)(=O)c1ccccn1)c1ccc(F)cc1. The molecular formula is C15H15FN2O3S. The van der Waals surface area contributed by atoms with Crippen molar-refractivity contribution >= 4 is 15.7 Å². The first-order valence-corrected chi connectivity index (χ1v) is 8.22. The maximum Gasteiger partial charge on any atom is 0.236 e. The predicted octanol–water partition coefficient (Wildman–Crippen LogP) is 1.87. The fourth-order valence-electron chi connectivity index (χ4n) is 1.90. The van der Waals surface area contributed by atoms with E-state index in [0.29, 0.717) is 5.56 Å². The zero-order chi connectivity index (χ0) is 16.2. The summed E-state index contributed by atoms with van der Waals surface area (Å²) in [7, 11) is -3.78. The summed E-state index contributed by atoms with van der Waals surface area (Å²) in [4.78, 5) is 15.6. The van der Waals surface area contributed by atoms with E-state index in [4.69, 9.17) is 0 Å². The highest BCUT2D eigenvalue weighted by Crippen LogP contribution is 2.13. The molecule has 0 aliphatic carbocycles. The molecule has 0 aliphatic heterocycles. The number of nitrogens with one attached hydrogen (secondary N) is 1. The first-order chi connectivity index (χ1) is 10.4. The first kappa shape index (κ1) is 16.1. The van der Waals surface area contributed by atoms with Crippen molar-refractivity contribution < 1.29 is 17.6 Å². The topological polar surface area (TPSA) is 76.1 Å². The molecule has 1 amide bonds. The smallest absolute Gasteiger partial charge is 0.236 e. The molecule has 0 saturated carbocycles. The van der Waals surface area contributed by atoms with Gasteiger partial charge < -0.3 is 5.32 Å². The minimum atomic E-state index is -3.78. The fraction of sp³-hybridized carbons (Fsp3) is 0.200. The number of benzene rings is 1. The average Bonchev–Trinajstić information content (AvgIpc) is 2.48. The van der Waals surface area contributed by atoms with Crippen LogP contribution in [0.15, 0.2) is 53.7 Å². The van der Waals surface area contributed by atoms with Crippen molar-refractivity contribution in [1.29, 1.82) is 0 Å². The van der Waals surface area contributed by atoms with Crippen LogP contribution in [0.3, 0.4) is 0 Å². The van der Waals surface area contributed by atoms with Gasteiger partial charge in [0, 0.05) is 6.20 Å². The number of hydrogen-bond acceptors (Lipinski definition) is 4. The molecule has 0 aliphatic rings. The molecule has 116 valence electrons. The fourth-order valence-corrected chi connectivity index (χ4v) is 2.98. The van der Waals surface area contributed by atoms with Gasteiger partial charge in [0.05, 0.1) is 6.04 Å². The molecule has 0 spiro atoms. The van der Waals surface area contributed by atoms with Crippen molar-refractivity contribution in [1.82, 2.24) is 10.3 Å². The summed E-state index contributed by atoms with van der Waals surface area (Å²) < 4.78 is 36.9. The molecule has 0 saturated heterocycles. The number of amides is 1. The third kappa shape index (κ3) is 4.11. The van der Waals surface area contributed by atoms with Crippen LogP contribution in [0.1, 0.15) is 18.5 Å². The van der Waals surface area contributed by atoms with E-state index in [0.717, 1.165) is 0 Å². The van der Waals surface area contributed by atoms with Gasteiger partial charge in [-0.3, -0.25) is 4.79 Å². The molecule has 0 unspecified atom stereocenters. The Morgan fingerprint density at radius 1 is 1.23 bits per heavy atom. The lowest BCUT2D eigenvalue weighted by Gasteiger charge is -2.14. The zero-order valence-electron chi connectivity index (χ0n) is 11.9. The highest BCUT2D eigenvalue weighted by Gasteiger charge is 2.21. The molecule has 1 aromatic heterocycles. The molecule has 0 bridgehead atoms. The lowest BCUT2D eigenvalue weighted by molar-refractivity contribution is -0.119. The molecule has 0 radical (unpaired) electrons. The number of hydrogen-bond donors (Lipinski definition) is 1. The Hall–Kier alpha value is -2.28. The Balaban J connectivity index is 2.02. The summed E-state index contributed by atoms with van der Waals surface area (Å²) in [6.45, 7) is 1.69. The summed E-state index contributed by atoms with van der Waals surface area (Å²) >= 11 is 0. The summed E-state index contributed by atoms with van der Waals surface area (Å²) in [5.74, 6) is -1.70. The maximum atomic E-state index is 12.8. The van der Waals surface area contributed by atoms with Gasteiger partial charge in [-0.25, -0.2) is 17.8 Å². The average molecular weight is 322 g/mol. The lowest BCUT2D eigenvalue weighted by atomic mass is 10.1. The Kier molecular flexibility index (Phi) is 4.87. The van der Waals surface area contributed by atoms with E-state index in [2.05, 4.69) is 10.3 Å². The predicted molar refractivity (Wildman–Crippen MR) is 79.2 cm³/mol. The van der Waals surface area contributed by atoms with Gasteiger partial charge in [0.25, 0.3) is 0 Å². The van der Waals surface area contributed by atoms with Gasteiger partial charge in [-0.05, 0) is 36.8 Å². The van der Waals surface area contributed by atoms with Crippen LogP contribution in [-0.2, 0) is 14.6 Å². The normalized spacial score (nSPS) is 12.6. The number of sulfone groups is 1. The highest BCUT2D eigenvalue weighted by molar-refractivity contribution is 7.92. The second-order valence-electron chi connectivity index (χ2n) is 4.77. The van der Waals surface area contributed by atoms with E-state index < -0.39 is 27.5 Å². The van der Waals surface area contributed by atoms with Crippen LogP contribution < -0.4 is 5.32 Å². The summed E-state index contributed by atoms with van der Waals surface area (Å²) in [5, 5.41) is 2.43. The lowest BCUT2D eigenvalue weighted by Crippen LogP contribution is -2.32. The number of nitrogens with zero attached hydrogens (tertiary/aromatic N) is 1. The van der Waals surface area contributed by atoms with Gasteiger partial charge in [-0.1, -0.05) is 18.2 Å². The van der Waals surface area contributed by atoms with E-state index in [-0.39, 0.29) is 10.8 Å². The van der Waals surface area contributed by atoms with Crippen molar-refractivity contribution in [2.75, 3.05) is 5.75 Å². The number of aromatic nitrogens is 1. The van der Waals surface area contributed by atoms with Gasteiger partial charge in [0.1, 0.15) is 11.6 Å². The van der Waals surface area contributed by atoms with Crippen molar-refractivity contribution in [2.45, 2.75) is 18.0 Å². The molecule has 1 atom stereocenters. The van der Waals surface area contributed by atoms with Crippen LogP contribution in [0.5, 0.6) is 0 Å². The molecule has 1 aromatic carbocycles. The van der Waals surface area contributed by atoms with Crippen molar-refractivity contribution in [2.24, 2.45) is 0 Å². The van der Waals surface area contributed by atoms with Crippen LogP contribution >= 0.6 is 0 Å². The Morgan fingerprint density at radius 2 is 1.91 bits per heavy atom. The van der Waals surface area contributed by atoms with E-state index in [1.807, 2.05) is 0 Å². The molecular weight excluding hydrogens is 307 g/mol. The second kappa shape index (κ2) is 6.65. The summed E-state index contributed by atoms with van der Waals surface area (Å²) in [5.41, 5.74) is 0.685. The van der Waals surface area contributed by atoms with E-state index >= 15 is 0 Å². The van der Waals surface area contributed by atoms with E-state index in [9.17, 15) is 17.6 Å². The standard InChI is InChI=1S/C15H15FN2O3S/c1-11(12-5-7-13(16)8-6-12)18-14(19)10-22(20,21)15-4-2-3-9-17-15/h2-9,11H,10H2,1H3,(H,18,19)/t11-/m1/s1. The van der Waals surface area contributed by atoms with Crippen molar-refractivity contribution in [3.63, 3.8) is 0 Å². The van der Waals surface area contributed by atoms with Crippen LogP contribution in [0.4, 0.5) is 4.39 Å². The van der Waals surface area contributed by atoms with Gasteiger partial charge in [-0.15, -0.1) is 0 Å². The van der Waals surface area contributed by atoms with Gasteiger partial charge in [0.2, 0.25) is 15.7 Å². The van der Waals surface area contributed by atoms with Gasteiger partial charge in [-0.2, -0.15) is 0 Å². The summed E-state index contributed by atoms with van der Waals surface area (Å²) in [6.07, 6.45) is 1.35. The molecule has 1 heterocycles. The maximum absolute atomic E-state index is 12.8. The molecule has 22 heavy (non-hydrogen) atoms. The third-order valence-electron chi connectivity index (χ3n) is 3.03. The van der Waals surface area contributed by atoms with E-state index in [1.165, 1.54) is 36.5 Å².